The highest BCUT2D eigenvalue weighted by Crippen LogP contribution is 2.12. The normalized spacial score (nSPS) is 14.1. The highest BCUT2D eigenvalue weighted by Gasteiger charge is 2.19. The van der Waals surface area contributed by atoms with Gasteiger partial charge >= 0.3 is 5.97 Å². The summed E-state index contributed by atoms with van der Waals surface area (Å²) in [5.41, 5.74) is 0. The predicted molar refractivity (Wildman–Crippen MR) is 63.9 cm³/mol. The molecule has 3 nitrogen and oxygen atoms in total. The highest BCUT2D eigenvalue weighted by molar-refractivity contribution is 5.72. The van der Waals surface area contributed by atoms with Gasteiger partial charge in [-0.2, -0.15) is 0 Å². The number of hydrogen-bond donors (Lipinski definition) is 1. The third-order valence-electron chi connectivity index (χ3n) is 2.32. The van der Waals surface area contributed by atoms with Crippen molar-refractivity contribution in [1.82, 2.24) is 0 Å². The summed E-state index contributed by atoms with van der Waals surface area (Å²) >= 11 is 0. The minimum Gasteiger partial charge on any atom is -0.479 e. The standard InChI is InChI=1S/C13H21O3/c1-4-6-8-10-12(13(14)15)16-11(3)9-7-5-2/h1,11-12H,2,5-10H2,3H3,(H,14,15). The molecule has 2 unspecified atom stereocenters. The van der Waals surface area contributed by atoms with Crippen LogP contribution >= 0.6 is 0 Å². The van der Waals surface area contributed by atoms with Crippen LogP contribution in [0.4, 0.5) is 0 Å². The van der Waals surface area contributed by atoms with E-state index in [2.05, 4.69) is 12.8 Å². The molecule has 0 rings (SSSR count). The van der Waals surface area contributed by atoms with Crippen LogP contribution in [0.1, 0.15) is 45.4 Å². The number of ether oxygens (including phenoxy) is 1. The van der Waals surface area contributed by atoms with E-state index in [1.165, 1.54) is 0 Å². The smallest absolute Gasteiger partial charge is 0.332 e. The second kappa shape index (κ2) is 9.23. The minimum absolute atomic E-state index is 0.0336. The van der Waals surface area contributed by atoms with Crippen molar-refractivity contribution in [2.45, 2.75) is 57.7 Å². The summed E-state index contributed by atoms with van der Waals surface area (Å²) in [4.78, 5) is 10.9. The summed E-state index contributed by atoms with van der Waals surface area (Å²) in [5, 5.41) is 8.96. The molecular formula is C13H21O3. The molecule has 1 radical (unpaired) electrons. The first kappa shape index (κ1) is 15.0. The van der Waals surface area contributed by atoms with Gasteiger partial charge in [0.05, 0.1) is 6.10 Å². The molecule has 1 N–H and O–H groups in total. The predicted octanol–water partition coefficient (Wildman–Crippen LogP) is 2.65. The maximum absolute atomic E-state index is 10.9. The summed E-state index contributed by atoms with van der Waals surface area (Å²) in [6.45, 7) is 5.63. The van der Waals surface area contributed by atoms with Crippen molar-refractivity contribution in [3.05, 3.63) is 6.92 Å². The van der Waals surface area contributed by atoms with Crippen LogP contribution in [0, 0.1) is 19.3 Å². The molecule has 91 valence electrons. The van der Waals surface area contributed by atoms with Gasteiger partial charge in [-0.05, 0) is 26.2 Å². The number of rotatable bonds is 9. The Kier molecular flexibility index (Phi) is 8.65. The zero-order valence-electron chi connectivity index (χ0n) is 9.95. The quantitative estimate of drug-likeness (QED) is 0.484. The van der Waals surface area contributed by atoms with E-state index in [1.54, 1.807) is 0 Å². The van der Waals surface area contributed by atoms with Crippen LogP contribution in [0.25, 0.3) is 0 Å². The zero-order chi connectivity index (χ0) is 12.4. The lowest BCUT2D eigenvalue weighted by Gasteiger charge is -2.18. The van der Waals surface area contributed by atoms with E-state index in [4.69, 9.17) is 16.3 Å². The molecule has 2 atom stereocenters. The fourth-order valence-corrected chi connectivity index (χ4v) is 1.42. The lowest BCUT2D eigenvalue weighted by Crippen LogP contribution is -2.28. The van der Waals surface area contributed by atoms with Crippen LogP contribution < -0.4 is 0 Å². The Morgan fingerprint density at radius 1 is 1.50 bits per heavy atom. The molecule has 0 heterocycles. The van der Waals surface area contributed by atoms with Gasteiger partial charge in [-0.25, -0.2) is 4.79 Å². The number of carboxylic acid groups (broad SMARTS) is 1. The topological polar surface area (TPSA) is 46.5 Å². The van der Waals surface area contributed by atoms with Gasteiger partial charge in [0, 0.05) is 6.42 Å². The molecule has 0 aromatic carbocycles. The molecule has 0 aliphatic heterocycles. The van der Waals surface area contributed by atoms with Crippen molar-refractivity contribution in [3.63, 3.8) is 0 Å². The number of aliphatic carboxylic acids is 1. The maximum Gasteiger partial charge on any atom is 0.332 e. The van der Waals surface area contributed by atoms with Crippen molar-refractivity contribution in [3.8, 4) is 12.3 Å². The van der Waals surface area contributed by atoms with Gasteiger partial charge in [-0.3, -0.25) is 0 Å². The molecule has 0 saturated carbocycles. The second-order valence-electron chi connectivity index (χ2n) is 3.87. The molecule has 0 aromatic rings. The molecule has 0 aromatic heterocycles. The Labute approximate surface area is 98.2 Å². The summed E-state index contributed by atoms with van der Waals surface area (Å²) in [7, 11) is 0. The lowest BCUT2D eigenvalue weighted by molar-refractivity contribution is -0.154. The maximum atomic E-state index is 10.9. The average Bonchev–Trinajstić information content (AvgIpc) is 2.25. The van der Waals surface area contributed by atoms with Crippen molar-refractivity contribution < 1.29 is 14.6 Å². The van der Waals surface area contributed by atoms with Gasteiger partial charge in [0.15, 0.2) is 6.10 Å². The fraction of sp³-hybridized carbons (Fsp3) is 0.692. The largest absolute Gasteiger partial charge is 0.479 e. The van der Waals surface area contributed by atoms with Crippen LogP contribution in [-0.4, -0.2) is 23.3 Å². The van der Waals surface area contributed by atoms with E-state index in [-0.39, 0.29) is 6.10 Å². The molecular weight excluding hydrogens is 204 g/mol. The number of terminal acetylenes is 1. The zero-order valence-corrected chi connectivity index (χ0v) is 9.95. The van der Waals surface area contributed by atoms with Crippen molar-refractivity contribution >= 4 is 5.97 Å². The van der Waals surface area contributed by atoms with E-state index >= 15 is 0 Å². The van der Waals surface area contributed by atoms with Gasteiger partial charge in [0.1, 0.15) is 0 Å². The van der Waals surface area contributed by atoms with Gasteiger partial charge in [-0.1, -0.05) is 19.8 Å². The van der Waals surface area contributed by atoms with Crippen LogP contribution in [-0.2, 0) is 9.53 Å². The molecule has 0 amide bonds. The third-order valence-corrected chi connectivity index (χ3v) is 2.32. The van der Waals surface area contributed by atoms with E-state index in [0.717, 1.165) is 19.3 Å². The van der Waals surface area contributed by atoms with Crippen LogP contribution in [0.5, 0.6) is 0 Å². The van der Waals surface area contributed by atoms with Crippen LogP contribution in [0.2, 0.25) is 0 Å². The molecule has 16 heavy (non-hydrogen) atoms. The summed E-state index contributed by atoms with van der Waals surface area (Å²) in [5.74, 6) is 1.59. The Morgan fingerprint density at radius 2 is 2.19 bits per heavy atom. The number of hydrogen-bond acceptors (Lipinski definition) is 2. The minimum atomic E-state index is -0.904. The Balaban J connectivity index is 3.93. The van der Waals surface area contributed by atoms with Gasteiger partial charge < -0.3 is 9.84 Å². The first-order chi connectivity index (χ1) is 7.61. The monoisotopic (exact) mass is 225 g/mol. The Bertz CT molecular complexity index is 230. The molecule has 0 bridgehead atoms. The van der Waals surface area contributed by atoms with Gasteiger partial charge in [-0.15, -0.1) is 12.3 Å². The SMILES string of the molecule is C#CCCCC(OC(C)CCC[CH2])C(=O)O. The molecule has 0 spiro atoms. The number of carboxylic acids is 1. The molecule has 3 heteroatoms. The van der Waals surface area contributed by atoms with E-state index in [9.17, 15) is 4.79 Å². The van der Waals surface area contributed by atoms with Crippen molar-refractivity contribution in [2.75, 3.05) is 0 Å². The van der Waals surface area contributed by atoms with Crippen molar-refractivity contribution in [1.29, 1.82) is 0 Å². The summed E-state index contributed by atoms with van der Waals surface area (Å²) < 4.78 is 5.46. The summed E-state index contributed by atoms with van der Waals surface area (Å²) in [6, 6.07) is 0. The van der Waals surface area contributed by atoms with E-state index < -0.39 is 12.1 Å². The summed E-state index contributed by atoms with van der Waals surface area (Å²) in [6.07, 6.45) is 8.77. The molecule has 0 aliphatic carbocycles. The highest BCUT2D eigenvalue weighted by atomic mass is 16.5. The molecule has 0 aliphatic rings. The first-order valence-corrected chi connectivity index (χ1v) is 5.72. The van der Waals surface area contributed by atoms with E-state index in [0.29, 0.717) is 19.3 Å². The second-order valence-corrected chi connectivity index (χ2v) is 3.87. The van der Waals surface area contributed by atoms with E-state index in [1.807, 2.05) is 6.92 Å². The average molecular weight is 225 g/mol. The molecule has 0 saturated heterocycles. The Morgan fingerprint density at radius 3 is 2.69 bits per heavy atom. The van der Waals surface area contributed by atoms with Crippen molar-refractivity contribution in [2.24, 2.45) is 0 Å². The van der Waals surface area contributed by atoms with Crippen LogP contribution in [0.15, 0.2) is 0 Å². The van der Waals surface area contributed by atoms with Gasteiger partial charge in [0.2, 0.25) is 0 Å². The number of unbranched alkanes of at least 4 members (excludes halogenated alkanes) is 2. The van der Waals surface area contributed by atoms with Gasteiger partial charge in [0.25, 0.3) is 0 Å². The third kappa shape index (κ3) is 7.30. The first-order valence-electron chi connectivity index (χ1n) is 5.72. The Hall–Kier alpha value is -1.01. The fourth-order valence-electron chi connectivity index (χ4n) is 1.42. The number of carbonyl (C=O) groups is 1. The molecule has 0 fully saturated rings. The van der Waals surface area contributed by atoms with Crippen LogP contribution in [0.3, 0.4) is 0 Å². The lowest BCUT2D eigenvalue weighted by atomic mass is 10.1.